The first-order valence-corrected chi connectivity index (χ1v) is 14.1. The van der Waals surface area contributed by atoms with Gasteiger partial charge in [-0.3, -0.25) is 0 Å². The number of rotatable bonds is 8. The van der Waals surface area contributed by atoms with Gasteiger partial charge in [0.1, 0.15) is 0 Å². The average molecular weight is 615 g/mol. The maximum absolute atomic E-state index is 13.0. The molecule has 5 aromatic carbocycles. The van der Waals surface area contributed by atoms with Crippen molar-refractivity contribution in [3.8, 4) is 0 Å². The summed E-state index contributed by atoms with van der Waals surface area (Å²) in [6.45, 7) is 0. The molecule has 8 N–H and O–H groups in total. The number of anilines is 8. The predicted octanol–water partition coefficient (Wildman–Crippen LogP) is 8.26. The van der Waals surface area contributed by atoms with Crippen molar-refractivity contribution in [2.75, 3.05) is 42.5 Å². The van der Waals surface area contributed by atoms with E-state index in [-0.39, 0.29) is 22.7 Å². The van der Waals surface area contributed by atoms with Gasteiger partial charge in [0.25, 0.3) is 0 Å². The van der Waals surface area contributed by atoms with Crippen LogP contribution in [0, 0.1) is 0 Å². The lowest BCUT2D eigenvalue weighted by Gasteiger charge is -2.20. The minimum absolute atomic E-state index is 0.126. The summed E-state index contributed by atoms with van der Waals surface area (Å²) < 4.78 is 0. The van der Waals surface area contributed by atoms with Crippen LogP contribution in [0.1, 0.15) is 0 Å². The van der Waals surface area contributed by atoms with Gasteiger partial charge in [0, 0.05) is 22.7 Å². The highest BCUT2D eigenvalue weighted by Gasteiger charge is 2.18. The smallest absolute Gasteiger partial charge is 0.308 e. The molecule has 0 aliphatic rings. The molecular weight excluding hydrogens is 584 g/mol. The van der Waals surface area contributed by atoms with Crippen LogP contribution in [0.15, 0.2) is 133 Å². The SMILES string of the molecule is O=C(Nc1ccccc1)Nc1cc(NC(=O)Nc2ccccc2)c(NC(=O)Nc2ccccc2)cc1NC(=O)Nc1ccccc1. The largest absolute Gasteiger partial charge is 0.323 e. The van der Waals surface area contributed by atoms with Crippen molar-refractivity contribution in [3.63, 3.8) is 0 Å². The lowest BCUT2D eigenvalue weighted by molar-refractivity contribution is 0.261. The number of urea groups is 4. The van der Waals surface area contributed by atoms with E-state index >= 15 is 0 Å². The Morgan fingerprint density at radius 2 is 0.478 bits per heavy atom. The van der Waals surface area contributed by atoms with Crippen LogP contribution in [-0.2, 0) is 0 Å². The first-order chi connectivity index (χ1) is 22.4. The summed E-state index contributed by atoms with van der Waals surface area (Å²) in [5.74, 6) is 0. The summed E-state index contributed by atoms with van der Waals surface area (Å²) in [7, 11) is 0. The molecule has 0 fully saturated rings. The van der Waals surface area contributed by atoms with Gasteiger partial charge in [0.05, 0.1) is 22.7 Å². The molecule has 5 rings (SSSR count). The van der Waals surface area contributed by atoms with E-state index in [0.29, 0.717) is 22.7 Å². The Kier molecular flexibility index (Phi) is 10.0. The summed E-state index contributed by atoms with van der Waals surface area (Å²) >= 11 is 0. The number of para-hydroxylation sites is 4. The third-order valence-electron chi connectivity index (χ3n) is 6.28. The molecule has 8 amide bonds. The Bertz CT molecular complexity index is 1540. The number of carbonyl (C=O) groups excluding carboxylic acids is 4. The third kappa shape index (κ3) is 9.09. The van der Waals surface area contributed by atoms with Crippen LogP contribution in [-0.4, -0.2) is 24.1 Å². The number of amides is 8. The molecule has 0 saturated carbocycles. The van der Waals surface area contributed by atoms with Crippen molar-refractivity contribution in [3.05, 3.63) is 133 Å². The van der Waals surface area contributed by atoms with Crippen LogP contribution in [0.5, 0.6) is 0 Å². The van der Waals surface area contributed by atoms with Gasteiger partial charge < -0.3 is 42.5 Å². The van der Waals surface area contributed by atoms with E-state index in [4.69, 9.17) is 0 Å². The van der Waals surface area contributed by atoms with Gasteiger partial charge in [-0.1, -0.05) is 72.8 Å². The van der Waals surface area contributed by atoms with Crippen molar-refractivity contribution in [1.82, 2.24) is 0 Å². The van der Waals surface area contributed by atoms with Crippen molar-refractivity contribution in [2.24, 2.45) is 0 Å². The van der Waals surface area contributed by atoms with Crippen molar-refractivity contribution < 1.29 is 19.2 Å². The highest BCUT2D eigenvalue weighted by molar-refractivity contribution is 6.11. The monoisotopic (exact) mass is 614 g/mol. The number of hydrogen-bond acceptors (Lipinski definition) is 4. The lowest BCUT2D eigenvalue weighted by Crippen LogP contribution is -2.26. The molecule has 12 nitrogen and oxygen atoms in total. The first kappa shape index (κ1) is 30.6. The van der Waals surface area contributed by atoms with E-state index in [1.54, 1.807) is 97.1 Å². The van der Waals surface area contributed by atoms with Crippen LogP contribution in [0.25, 0.3) is 0 Å². The van der Waals surface area contributed by atoms with E-state index < -0.39 is 24.1 Å². The molecule has 230 valence electrons. The Hall–Kier alpha value is -6.82. The normalized spacial score (nSPS) is 10.1. The maximum Gasteiger partial charge on any atom is 0.323 e. The highest BCUT2D eigenvalue weighted by Crippen LogP contribution is 2.34. The second-order valence-corrected chi connectivity index (χ2v) is 9.72. The molecule has 0 spiro atoms. The molecule has 5 aromatic rings. The van der Waals surface area contributed by atoms with Gasteiger partial charge in [0.2, 0.25) is 0 Å². The topological polar surface area (TPSA) is 165 Å². The van der Waals surface area contributed by atoms with Gasteiger partial charge in [-0.05, 0) is 60.7 Å². The molecule has 0 radical (unpaired) electrons. The van der Waals surface area contributed by atoms with Gasteiger partial charge in [-0.25, -0.2) is 19.2 Å². The Morgan fingerprint density at radius 3 is 0.674 bits per heavy atom. The molecule has 0 aliphatic carbocycles. The first-order valence-electron chi connectivity index (χ1n) is 14.1. The molecule has 12 heteroatoms. The number of carbonyl (C=O) groups is 4. The van der Waals surface area contributed by atoms with Crippen molar-refractivity contribution in [2.45, 2.75) is 0 Å². The van der Waals surface area contributed by atoms with E-state index in [1.807, 2.05) is 24.3 Å². The fourth-order valence-corrected chi connectivity index (χ4v) is 4.24. The molecule has 0 saturated heterocycles. The molecule has 0 aromatic heterocycles. The zero-order valence-electron chi connectivity index (χ0n) is 24.3. The Balaban J connectivity index is 1.46. The minimum atomic E-state index is -0.611. The van der Waals surface area contributed by atoms with E-state index in [0.717, 1.165) is 0 Å². The second-order valence-electron chi connectivity index (χ2n) is 9.72. The fraction of sp³-hybridized carbons (Fsp3) is 0. The number of nitrogens with one attached hydrogen (secondary N) is 8. The summed E-state index contributed by atoms with van der Waals surface area (Å²) in [6, 6.07) is 35.5. The van der Waals surface area contributed by atoms with Gasteiger partial charge in [-0.15, -0.1) is 0 Å². The quantitative estimate of drug-likeness (QED) is 0.0882. The molecule has 46 heavy (non-hydrogen) atoms. The highest BCUT2D eigenvalue weighted by atomic mass is 16.2. The van der Waals surface area contributed by atoms with Gasteiger partial charge in [-0.2, -0.15) is 0 Å². The van der Waals surface area contributed by atoms with Crippen LogP contribution in [0.2, 0.25) is 0 Å². The van der Waals surface area contributed by atoms with Crippen LogP contribution in [0.4, 0.5) is 64.7 Å². The number of hydrogen-bond donors (Lipinski definition) is 8. The zero-order chi connectivity index (χ0) is 32.1. The third-order valence-corrected chi connectivity index (χ3v) is 6.28. The summed E-state index contributed by atoms with van der Waals surface area (Å²) in [5.41, 5.74) is 2.64. The molecule has 0 unspecified atom stereocenters. The lowest BCUT2D eigenvalue weighted by atomic mass is 10.2. The summed E-state index contributed by atoms with van der Waals surface area (Å²) in [6.07, 6.45) is 0. The van der Waals surface area contributed by atoms with Gasteiger partial charge >= 0.3 is 24.1 Å². The molecular formula is C34H30N8O4. The van der Waals surface area contributed by atoms with Crippen LogP contribution >= 0.6 is 0 Å². The summed E-state index contributed by atoms with van der Waals surface area (Å²) in [4.78, 5) is 52.1. The van der Waals surface area contributed by atoms with Gasteiger partial charge in [0.15, 0.2) is 0 Å². The molecule has 0 bridgehead atoms. The number of benzene rings is 5. The van der Waals surface area contributed by atoms with E-state index in [1.165, 1.54) is 12.1 Å². The second kappa shape index (κ2) is 15.1. The summed E-state index contributed by atoms with van der Waals surface area (Å²) in [5, 5.41) is 21.8. The zero-order valence-corrected chi connectivity index (χ0v) is 24.3. The molecule has 0 aliphatic heterocycles. The fourth-order valence-electron chi connectivity index (χ4n) is 4.24. The van der Waals surface area contributed by atoms with Crippen LogP contribution in [0.3, 0.4) is 0 Å². The van der Waals surface area contributed by atoms with Crippen molar-refractivity contribution in [1.29, 1.82) is 0 Å². The van der Waals surface area contributed by atoms with Crippen LogP contribution < -0.4 is 42.5 Å². The standard InChI is InChI=1S/C34H30N8O4/c43-31(35-23-13-5-1-6-14-23)39-27-21-29(41-33(45)37-25-17-9-3-10-18-25)30(42-34(46)38-26-19-11-4-12-20-26)22-28(27)40-32(44)36-24-15-7-2-8-16-24/h1-22H,(H2,35,39,43)(H2,36,40,44)(H2,37,41,45)(H2,38,42,46). The Labute approximate surface area is 264 Å². The van der Waals surface area contributed by atoms with E-state index in [9.17, 15) is 19.2 Å². The molecule has 0 atom stereocenters. The Morgan fingerprint density at radius 1 is 0.283 bits per heavy atom. The predicted molar refractivity (Wildman–Crippen MR) is 183 cm³/mol. The molecule has 0 heterocycles. The van der Waals surface area contributed by atoms with E-state index in [2.05, 4.69) is 42.5 Å². The maximum atomic E-state index is 13.0. The minimum Gasteiger partial charge on any atom is -0.308 e. The average Bonchev–Trinajstić information content (AvgIpc) is 3.05. The van der Waals surface area contributed by atoms with Crippen molar-refractivity contribution >= 4 is 69.6 Å².